The number of carbonyl (C=O) groups excluding carboxylic acids is 1. The molecule has 0 N–H and O–H groups in total. The number of amides is 1. The van der Waals surface area contributed by atoms with E-state index in [-0.39, 0.29) is 17.8 Å². The van der Waals surface area contributed by atoms with Gasteiger partial charge in [-0.1, -0.05) is 18.2 Å². The lowest BCUT2D eigenvalue weighted by atomic mass is 10.2. The number of likely N-dealkylation sites (N-methyl/N-ethyl adjacent to an activating group) is 1. The molecule has 2 heterocycles. The van der Waals surface area contributed by atoms with E-state index in [1.165, 1.54) is 17.4 Å². The summed E-state index contributed by atoms with van der Waals surface area (Å²) < 4.78 is 26.4. The van der Waals surface area contributed by atoms with Crippen LogP contribution in [0.5, 0.6) is 11.5 Å². The van der Waals surface area contributed by atoms with Crippen molar-refractivity contribution in [2.75, 3.05) is 19.7 Å². The summed E-state index contributed by atoms with van der Waals surface area (Å²) in [7, 11) is 0. The number of ether oxygens (including phenoxy) is 2. The minimum absolute atomic E-state index is 0.115. The second kappa shape index (κ2) is 6.96. The van der Waals surface area contributed by atoms with Gasteiger partial charge in [0.1, 0.15) is 12.4 Å². The van der Waals surface area contributed by atoms with Gasteiger partial charge in [0, 0.05) is 16.6 Å². The summed E-state index contributed by atoms with van der Waals surface area (Å²) in [6.07, 6.45) is -0.236. The number of hydrogen-bond donors (Lipinski definition) is 0. The minimum Gasteiger partial charge on any atom is -0.486 e. The summed E-state index contributed by atoms with van der Waals surface area (Å²) >= 11 is 1.31. The highest BCUT2D eigenvalue weighted by atomic mass is 32.1. The summed E-state index contributed by atoms with van der Waals surface area (Å²) in [4.78, 5) is 15.1. The van der Waals surface area contributed by atoms with Gasteiger partial charge in [-0.05, 0) is 37.3 Å². The van der Waals surface area contributed by atoms with Gasteiger partial charge >= 0.3 is 0 Å². The molecule has 1 aliphatic rings. The highest BCUT2D eigenvalue weighted by molar-refractivity contribution is 7.20. The molecule has 26 heavy (non-hydrogen) atoms. The van der Waals surface area contributed by atoms with Gasteiger partial charge in [-0.15, -0.1) is 11.3 Å². The van der Waals surface area contributed by atoms with Crippen molar-refractivity contribution >= 4 is 27.3 Å². The Kier molecular flexibility index (Phi) is 4.51. The maximum Gasteiger partial charge on any atom is 0.264 e. The van der Waals surface area contributed by atoms with Crippen LogP contribution in [0.25, 0.3) is 10.1 Å². The summed E-state index contributed by atoms with van der Waals surface area (Å²) in [5.41, 5.74) is 0. The van der Waals surface area contributed by atoms with E-state index >= 15 is 0 Å². The van der Waals surface area contributed by atoms with Crippen molar-refractivity contribution in [3.05, 3.63) is 59.2 Å². The minimum atomic E-state index is -0.304. The number of fused-ring (bicyclic) bond motifs is 2. The van der Waals surface area contributed by atoms with Crippen LogP contribution in [0.1, 0.15) is 16.6 Å². The smallest absolute Gasteiger partial charge is 0.264 e. The monoisotopic (exact) mass is 371 g/mol. The second-order valence-corrected chi connectivity index (χ2v) is 7.19. The first-order valence-corrected chi connectivity index (χ1v) is 9.33. The third-order valence-electron chi connectivity index (χ3n) is 4.38. The highest BCUT2D eigenvalue weighted by Gasteiger charge is 2.26. The van der Waals surface area contributed by atoms with Crippen molar-refractivity contribution in [2.24, 2.45) is 0 Å². The molecular formula is C20H18FNO3S. The predicted molar refractivity (Wildman–Crippen MR) is 99.7 cm³/mol. The number of halogens is 1. The Bertz CT molecular complexity index is 955. The molecule has 1 atom stereocenters. The zero-order chi connectivity index (χ0) is 18.1. The largest absolute Gasteiger partial charge is 0.486 e. The van der Waals surface area contributed by atoms with Gasteiger partial charge in [-0.25, -0.2) is 4.39 Å². The number of rotatable bonds is 4. The standard InChI is InChI=1S/C20H18FNO3S/c1-2-22(11-13-12-24-16-7-3-4-8-17(16)25-13)20(23)19-10-14-15(21)6-5-9-18(14)26-19/h3-10,13H,2,11-12H2,1H3/t13-/m1/s1. The molecule has 4 rings (SSSR count). The van der Waals surface area contributed by atoms with Gasteiger partial charge in [-0.3, -0.25) is 4.79 Å². The molecule has 3 aromatic rings. The number of para-hydroxylation sites is 2. The molecule has 2 aromatic carbocycles. The fourth-order valence-corrected chi connectivity index (χ4v) is 4.08. The zero-order valence-corrected chi connectivity index (χ0v) is 15.1. The number of benzene rings is 2. The lowest BCUT2D eigenvalue weighted by Gasteiger charge is -2.30. The van der Waals surface area contributed by atoms with Gasteiger partial charge in [0.25, 0.3) is 5.91 Å². The molecule has 0 aliphatic carbocycles. The molecule has 1 aliphatic heterocycles. The fraction of sp³-hybridized carbons (Fsp3) is 0.250. The van der Waals surface area contributed by atoms with Crippen LogP contribution in [0, 0.1) is 5.82 Å². The molecule has 6 heteroatoms. The van der Waals surface area contributed by atoms with Gasteiger partial charge in [0.05, 0.1) is 11.4 Å². The fourth-order valence-electron chi connectivity index (χ4n) is 3.04. The van der Waals surface area contributed by atoms with Crippen molar-refractivity contribution in [1.29, 1.82) is 0 Å². The quantitative estimate of drug-likeness (QED) is 0.685. The van der Waals surface area contributed by atoms with Crippen LogP contribution < -0.4 is 9.47 Å². The summed E-state index contributed by atoms with van der Waals surface area (Å²) in [6.45, 7) is 3.27. The Morgan fingerprint density at radius 1 is 1.23 bits per heavy atom. The van der Waals surface area contributed by atoms with Gasteiger partial charge in [0.15, 0.2) is 17.6 Å². The Morgan fingerprint density at radius 3 is 2.81 bits per heavy atom. The van der Waals surface area contributed by atoms with Crippen LogP contribution in [0.4, 0.5) is 4.39 Å². The Labute approximate surface area is 154 Å². The van der Waals surface area contributed by atoms with Crippen LogP contribution in [-0.4, -0.2) is 36.6 Å². The van der Waals surface area contributed by atoms with Gasteiger partial charge in [0.2, 0.25) is 0 Å². The van der Waals surface area contributed by atoms with E-state index in [4.69, 9.17) is 9.47 Å². The third kappa shape index (κ3) is 3.12. The molecule has 0 saturated heterocycles. The molecular weight excluding hydrogens is 353 g/mol. The number of hydrogen-bond acceptors (Lipinski definition) is 4. The SMILES string of the molecule is CCN(C[C@@H]1COc2ccccc2O1)C(=O)c1cc2c(F)cccc2s1. The Morgan fingerprint density at radius 2 is 2.04 bits per heavy atom. The van der Waals surface area contributed by atoms with E-state index in [0.29, 0.717) is 35.7 Å². The molecule has 134 valence electrons. The molecule has 0 fully saturated rings. The summed E-state index contributed by atoms with van der Waals surface area (Å²) in [5, 5.41) is 0.489. The van der Waals surface area contributed by atoms with Gasteiger partial charge < -0.3 is 14.4 Å². The van der Waals surface area contributed by atoms with Crippen molar-refractivity contribution in [2.45, 2.75) is 13.0 Å². The first kappa shape index (κ1) is 16.8. The van der Waals surface area contributed by atoms with Crippen molar-refractivity contribution in [1.82, 2.24) is 4.90 Å². The zero-order valence-electron chi connectivity index (χ0n) is 14.3. The number of nitrogens with zero attached hydrogens (tertiary/aromatic N) is 1. The van der Waals surface area contributed by atoms with E-state index in [1.54, 1.807) is 17.0 Å². The van der Waals surface area contributed by atoms with E-state index in [1.807, 2.05) is 37.3 Å². The first-order chi connectivity index (χ1) is 12.7. The highest BCUT2D eigenvalue weighted by Crippen LogP contribution is 2.32. The normalized spacial score (nSPS) is 15.8. The molecule has 1 amide bonds. The van der Waals surface area contributed by atoms with E-state index < -0.39 is 0 Å². The molecule has 0 bridgehead atoms. The molecule has 4 nitrogen and oxygen atoms in total. The summed E-state index contributed by atoms with van der Waals surface area (Å²) in [6, 6.07) is 14.0. The maximum absolute atomic E-state index is 13.9. The van der Waals surface area contributed by atoms with Crippen LogP contribution in [-0.2, 0) is 0 Å². The van der Waals surface area contributed by atoms with Gasteiger partial charge in [-0.2, -0.15) is 0 Å². The van der Waals surface area contributed by atoms with Crippen molar-refractivity contribution in [3.63, 3.8) is 0 Å². The predicted octanol–water partition coefficient (Wildman–Crippen LogP) is 4.34. The summed E-state index contributed by atoms with van der Waals surface area (Å²) in [5.74, 6) is 0.992. The van der Waals surface area contributed by atoms with Crippen molar-refractivity contribution < 1.29 is 18.7 Å². The lowest BCUT2D eigenvalue weighted by Crippen LogP contribution is -2.43. The van der Waals surface area contributed by atoms with E-state index in [2.05, 4.69) is 0 Å². The third-order valence-corrected chi connectivity index (χ3v) is 5.47. The molecule has 0 unspecified atom stereocenters. The Balaban J connectivity index is 1.51. The van der Waals surface area contributed by atoms with Crippen molar-refractivity contribution in [3.8, 4) is 11.5 Å². The number of thiophene rings is 1. The maximum atomic E-state index is 13.9. The van der Waals surface area contributed by atoms with Crippen LogP contribution in [0.3, 0.4) is 0 Å². The van der Waals surface area contributed by atoms with Crippen LogP contribution >= 0.6 is 11.3 Å². The average Bonchev–Trinajstić information content (AvgIpc) is 3.11. The second-order valence-electron chi connectivity index (χ2n) is 6.10. The molecule has 1 aromatic heterocycles. The Hall–Kier alpha value is -2.60. The van der Waals surface area contributed by atoms with Crippen LogP contribution in [0.15, 0.2) is 48.5 Å². The molecule has 0 radical (unpaired) electrons. The first-order valence-electron chi connectivity index (χ1n) is 8.51. The number of carbonyl (C=O) groups is 1. The molecule has 0 saturated carbocycles. The molecule has 0 spiro atoms. The topological polar surface area (TPSA) is 38.8 Å². The van der Waals surface area contributed by atoms with E-state index in [9.17, 15) is 9.18 Å². The van der Waals surface area contributed by atoms with E-state index in [0.717, 1.165) is 10.4 Å². The van der Waals surface area contributed by atoms with Crippen LogP contribution in [0.2, 0.25) is 0 Å². The average molecular weight is 371 g/mol. The lowest BCUT2D eigenvalue weighted by molar-refractivity contribution is 0.0478.